The zero-order valence-corrected chi connectivity index (χ0v) is 15.7. The van der Waals surface area contributed by atoms with E-state index in [1.807, 2.05) is 6.07 Å². The van der Waals surface area contributed by atoms with Gasteiger partial charge in [0.1, 0.15) is 17.1 Å². The van der Waals surface area contributed by atoms with Gasteiger partial charge in [0.15, 0.2) is 0 Å². The second-order valence-corrected chi connectivity index (χ2v) is 6.01. The number of esters is 1. The molecule has 2 aromatic carbocycles. The standard InChI is InChI=1S/C23H19FN2O3/c1-2-29-23(28)20(15-26-18-6-4-3-5-7-18)22(27)19-9-8-17(14-21(19)24)16-10-12-25-13-11-16/h3-15,27H,2H2,1H3/b22-20+,26-15?. The van der Waals surface area contributed by atoms with Crippen LogP contribution in [0.1, 0.15) is 12.5 Å². The summed E-state index contributed by atoms with van der Waals surface area (Å²) in [5, 5.41) is 10.6. The molecule has 6 heteroatoms. The molecular formula is C23H19FN2O3. The molecule has 0 aliphatic heterocycles. The van der Waals surface area contributed by atoms with Crippen LogP contribution < -0.4 is 0 Å². The fourth-order valence-corrected chi connectivity index (χ4v) is 2.65. The number of aromatic nitrogens is 1. The summed E-state index contributed by atoms with van der Waals surface area (Å²) in [6.45, 7) is 1.75. The quantitative estimate of drug-likeness (QED) is 0.274. The number of nitrogens with zero attached hydrogens (tertiary/aromatic N) is 2. The van der Waals surface area contributed by atoms with Gasteiger partial charge in [-0.15, -0.1) is 0 Å². The summed E-state index contributed by atoms with van der Waals surface area (Å²) in [5.74, 6) is -2.00. The van der Waals surface area contributed by atoms with Gasteiger partial charge in [-0.25, -0.2) is 9.18 Å². The van der Waals surface area contributed by atoms with Gasteiger partial charge in [-0.1, -0.05) is 24.3 Å². The number of para-hydroxylation sites is 1. The minimum atomic E-state index is -0.790. The maximum absolute atomic E-state index is 14.8. The predicted octanol–water partition coefficient (Wildman–Crippen LogP) is 5.12. The Morgan fingerprint density at radius 3 is 2.48 bits per heavy atom. The monoisotopic (exact) mass is 390 g/mol. The van der Waals surface area contributed by atoms with Gasteiger partial charge in [0, 0.05) is 18.6 Å². The molecule has 0 radical (unpaired) electrons. The van der Waals surface area contributed by atoms with Crippen LogP contribution in [0.3, 0.4) is 0 Å². The van der Waals surface area contributed by atoms with E-state index in [0.717, 1.165) is 5.56 Å². The molecular weight excluding hydrogens is 371 g/mol. The Balaban J connectivity index is 2.01. The van der Waals surface area contributed by atoms with Crippen molar-refractivity contribution in [2.75, 3.05) is 6.61 Å². The highest BCUT2D eigenvalue weighted by molar-refractivity contribution is 6.15. The third-order valence-corrected chi connectivity index (χ3v) is 4.09. The van der Waals surface area contributed by atoms with Gasteiger partial charge in [-0.2, -0.15) is 0 Å². The highest BCUT2D eigenvalue weighted by Crippen LogP contribution is 2.26. The van der Waals surface area contributed by atoms with Crippen LogP contribution in [0.15, 0.2) is 83.6 Å². The van der Waals surface area contributed by atoms with Crippen LogP contribution in [0.25, 0.3) is 16.9 Å². The molecule has 5 nitrogen and oxygen atoms in total. The van der Waals surface area contributed by atoms with Crippen molar-refractivity contribution in [1.29, 1.82) is 0 Å². The fraction of sp³-hybridized carbons (Fsp3) is 0.0870. The van der Waals surface area contributed by atoms with Gasteiger partial charge in [0.25, 0.3) is 0 Å². The number of carbonyl (C=O) groups is 1. The largest absolute Gasteiger partial charge is 0.506 e. The van der Waals surface area contributed by atoms with E-state index < -0.39 is 17.5 Å². The molecule has 3 rings (SSSR count). The first-order chi connectivity index (χ1) is 14.1. The molecule has 0 aliphatic rings. The fourth-order valence-electron chi connectivity index (χ4n) is 2.65. The van der Waals surface area contributed by atoms with Crippen molar-refractivity contribution in [2.45, 2.75) is 6.92 Å². The molecule has 0 atom stereocenters. The molecule has 146 valence electrons. The predicted molar refractivity (Wildman–Crippen MR) is 110 cm³/mol. The van der Waals surface area contributed by atoms with E-state index >= 15 is 0 Å². The SMILES string of the molecule is CCOC(=O)/C(C=Nc1ccccc1)=C(/O)c1ccc(-c2ccncc2)cc1F. The number of aliphatic hydroxyl groups excluding tert-OH is 1. The highest BCUT2D eigenvalue weighted by Gasteiger charge is 2.19. The summed E-state index contributed by atoms with van der Waals surface area (Å²) in [7, 11) is 0. The number of aliphatic imine (C=N–C) groups is 1. The molecule has 1 aromatic heterocycles. The number of ether oxygens (including phenoxy) is 1. The van der Waals surface area contributed by atoms with Gasteiger partial charge in [-0.3, -0.25) is 9.98 Å². The summed E-state index contributed by atoms with van der Waals surface area (Å²) in [6, 6.07) is 16.7. The number of halogens is 1. The molecule has 3 aromatic rings. The van der Waals surface area contributed by atoms with Gasteiger partial charge >= 0.3 is 5.97 Å². The summed E-state index contributed by atoms with van der Waals surface area (Å²) in [5.41, 5.74) is 1.63. The van der Waals surface area contributed by atoms with Crippen LogP contribution in [-0.4, -0.2) is 28.9 Å². The molecule has 0 spiro atoms. The van der Waals surface area contributed by atoms with E-state index in [-0.39, 0.29) is 17.7 Å². The zero-order valence-electron chi connectivity index (χ0n) is 15.7. The Bertz CT molecular complexity index is 1050. The number of aliphatic hydroxyl groups is 1. The summed E-state index contributed by atoms with van der Waals surface area (Å²) >= 11 is 0. The van der Waals surface area contributed by atoms with Gasteiger partial charge < -0.3 is 9.84 Å². The van der Waals surface area contributed by atoms with Crippen molar-refractivity contribution in [2.24, 2.45) is 4.99 Å². The first kappa shape index (κ1) is 19.9. The van der Waals surface area contributed by atoms with Crippen molar-refractivity contribution >= 4 is 23.6 Å². The molecule has 1 heterocycles. The number of carbonyl (C=O) groups excluding carboxylic acids is 1. The topological polar surface area (TPSA) is 71.8 Å². The second-order valence-electron chi connectivity index (χ2n) is 6.01. The highest BCUT2D eigenvalue weighted by atomic mass is 19.1. The van der Waals surface area contributed by atoms with Crippen LogP contribution in [0.5, 0.6) is 0 Å². The first-order valence-electron chi connectivity index (χ1n) is 9.00. The zero-order chi connectivity index (χ0) is 20.6. The average molecular weight is 390 g/mol. The van der Waals surface area contributed by atoms with E-state index in [2.05, 4.69) is 9.98 Å². The lowest BCUT2D eigenvalue weighted by Gasteiger charge is -2.09. The normalized spacial score (nSPS) is 11.9. The lowest BCUT2D eigenvalue weighted by atomic mass is 10.0. The van der Waals surface area contributed by atoms with E-state index in [4.69, 9.17) is 4.74 Å². The molecule has 0 saturated carbocycles. The Hall–Kier alpha value is -3.80. The lowest BCUT2D eigenvalue weighted by Crippen LogP contribution is -2.11. The third kappa shape index (κ3) is 4.93. The number of hydrogen-bond acceptors (Lipinski definition) is 5. The van der Waals surface area contributed by atoms with E-state index in [1.165, 1.54) is 18.3 Å². The summed E-state index contributed by atoms with van der Waals surface area (Å²) in [4.78, 5) is 20.4. The maximum Gasteiger partial charge on any atom is 0.343 e. The van der Waals surface area contributed by atoms with Gasteiger partial charge in [0.05, 0.1) is 17.9 Å². The van der Waals surface area contributed by atoms with Crippen LogP contribution in [0.2, 0.25) is 0 Å². The average Bonchev–Trinajstić information content (AvgIpc) is 2.75. The lowest BCUT2D eigenvalue weighted by molar-refractivity contribution is -0.137. The molecule has 1 N–H and O–H groups in total. The van der Waals surface area contributed by atoms with E-state index in [9.17, 15) is 14.3 Å². The number of benzene rings is 2. The van der Waals surface area contributed by atoms with Crippen LogP contribution in [0, 0.1) is 5.82 Å². The molecule has 0 fully saturated rings. The van der Waals surface area contributed by atoms with E-state index in [0.29, 0.717) is 11.3 Å². The van der Waals surface area contributed by atoms with Crippen molar-refractivity contribution in [3.8, 4) is 11.1 Å². The van der Waals surface area contributed by atoms with Crippen molar-refractivity contribution in [3.63, 3.8) is 0 Å². The minimum Gasteiger partial charge on any atom is -0.506 e. The molecule has 29 heavy (non-hydrogen) atoms. The Labute approximate surface area is 167 Å². The van der Waals surface area contributed by atoms with Gasteiger partial charge in [0.2, 0.25) is 0 Å². The Morgan fingerprint density at radius 2 is 1.83 bits per heavy atom. The van der Waals surface area contributed by atoms with E-state index in [1.54, 1.807) is 61.8 Å². The summed E-state index contributed by atoms with van der Waals surface area (Å²) < 4.78 is 19.7. The molecule has 0 saturated heterocycles. The first-order valence-corrected chi connectivity index (χ1v) is 9.00. The van der Waals surface area contributed by atoms with Crippen LogP contribution in [-0.2, 0) is 9.53 Å². The van der Waals surface area contributed by atoms with Crippen molar-refractivity contribution in [1.82, 2.24) is 4.98 Å². The number of pyridine rings is 1. The van der Waals surface area contributed by atoms with Crippen LogP contribution in [0.4, 0.5) is 10.1 Å². The second kappa shape index (κ2) is 9.41. The number of hydrogen-bond donors (Lipinski definition) is 1. The van der Waals surface area contributed by atoms with Crippen LogP contribution >= 0.6 is 0 Å². The smallest absolute Gasteiger partial charge is 0.343 e. The van der Waals surface area contributed by atoms with Gasteiger partial charge in [-0.05, 0) is 54.4 Å². The molecule has 0 bridgehead atoms. The molecule has 0 unspecified atom stereocenters. The maximum atomic E-state index is 14.8. The Morgan fingerprint density at radius 1 is 1.10 bits per heavy atom. The number of rotatable bonds is 6. The van der Waals surface area contributed by atoms with Crippen molar-refractivity contribution in [3.05, 3.63) is 90.0 Å². The third-order valence-electron chi connectivity index (χ3n) is 4.09. The molecule has 0 aliphatic carbocycles. The Kier molecular flexibility index (Phi) is 6.47. The summed E-state index contributed by atoms with van der Waals surface area (Å²) in [6.07, 6.45) is 4.40. The minimum absolute atomic E-state index is 0.109. The van der Waals surface area contributed by atoms with Crippen molar-refractivity contribution < 1.29 is 19.0 Å². The molecule has 0 amide bonds.